The maximum Gasteiger partial charge on any atom is 0.263 e. The fourth-order valence-corrected chi connectivity index (χ4v) is 5.30. The summed E-state index contributed by atoms with van der Waals surface area (Å²) in [5, 5.41) is 5.18. The average molecular weight is 559 g/mol. The van der Waals surface area contributed by atoms with Gasteiger partial charge in [-0.25, -0.2) is 18.2 Å². The van der Waals surface area contributed by atoms with E-state index in [-0.39, 0.29) is 45.4 Å². The number of carbonyl (C=O) groups excluding carboxylic acids is 2. The monoisotopic (exact) mass is 558 g/mol. The van der Waals surface area contributed by atoms with Gasteiger partial charge in [0.2, 0.25) is 0 Å². The maximum atomic E-state index is 13.9. The number of carbonyl (C=O) groups is 2. The molecule has 2 N–H and O–H groups in total. The molecule has 0 spiro atoms. The van der Waals surface area contributed by atoms with Crippen LogP contribution in [0.1, 0.15) is 49.9 Å². The molecule has 2 amide bonds. The van der Waals surface area contributed by atoms with Crippen LogP contribution in [0.15, 0.2) is 30.5 Å². The summed E-state index contributed by atoms with van der Waals surface area (Å²) in [5.41, 5.74) is -1.11. The van der Waals surface area contributed by atoms with Gasteiger partial charge in [0, 0.05) is 30.4 Å². The number of nitrogens with one attached hydrogen (secondary N) is 2. The van der Waals surface area contributed by atoms with Crippen LogP contribution in [-0.4, -0.2) is 53.5 Å². The smallest absolute Gasteiger partial charge is 0.263 e. The molecule has 2 saturated heterocycles. The number of aromatic nitrogens is 1. The van der Waals surface area contributed by atoms with Crippen LogP contribution in [0.3, 0.4) is 0 Å². The molecule has 2 aliphatic rings. The number of benzene rings is 1. The van der Waals surface area contributed by atoms with E-state index in [0.717, 1.165) is 18.9 Å². The van der Waals surface area contributed by atoms with E-state index in [0.29, 0.717) is 18.7 Å². The summed E-state index contributed by atoms with van der Waals surface area (Å²) in [7, 11) is 0. The van der Waals surface area contributed by atoms with Crippen molar-refractivity contribution in [2.45, 2.75) is 69.7 Å². The van der Waals surface area contributed by atoms with Gasteiger partial charge in [-0.3, -0.25) is 9.59 Å². The molecule has 1 aromatic carbocycles. The Bertz CT molecular complexity index is 1150. The molecule has 4 rings (SSSR count). The zero-order valence-electron chi connectivity index (χ0n) is 20.2. The van der Waals surface area contributed by atoms with Crippen molar-refractivity contribution in [1.82, 2.24) is 15.6 Å². The number of nitrogens with zero attached hydrogens (tertiary/aromatic N) is 2. The highest BCUT2D eigenvalue weighted by molar-refractivity contribution is 6.35. The topological polar surface area (TPSA) is 83.6 Å². The number of ether oxygens (including phenoxy) is 1. The number of rotatable bonds is 8. The van der Waals surface area contributed by atoms with E-state index >= 15 is 0 Å². The van der Waals surface area contributed by atoms with Crippen molar-refractivity contribution in [2.75, 3.05) is 11.4 Å². The molecular formula is C25H27Cl2F3N4O3. The Labute approximate surface area is 222 Å². The minimum atomic E-state index is -2.62. The van der Waals surface area contributed by atoms with Crippen LogP contribution in [0, 0.1) is 5.82 Å². The number of piperidine rings is 1. The fourth-order valence-electron chi connectivity index (χ4n) is 4.88. The van der Waals surface area contributed by atoms with Crippen LogP contribution in [0.5, 0.6) is 5.75 Å². The molecule has 2 fully saturated rings. The zero-order valence-corrected chi connectivity index (χ0v) is 21.8. The van der Waals surface area contributed by atoms with Crippen molar-refractivity contribution >= 4 is 40.8 Å². The van der Waals surface area contributed by atoms with Gasteiger partial charge in [-0.2, -0.15) is 0 Å². The van der Waals surface area contributed by atoms with Crippen molar-refractivity contribution in [3.63, 3.8) is 0 Å². The van der Waals surface area contributed by atoms with E-state index in [1.807, 2.05) is 0 Å². The number of anilines is 1. The van der Waals surface area contributed by atoms with Gasteiger partial charge in [-0.15, -0.1) is 0 Å². The number of hydrogen-bond donors (Lipinski definition) is 2. The highest BCUT2D eigenvalue weighted by Gasteiger charge is 2.43. The highest BCUT2D eigenvalue weighted by atomic mass is 35.5. The number of halogens is 5. The van der Waals surface area contributed by atoms with E-state index in [2.05, 4.69) is 20.5 Å². The van der Waals surface area contributed by atoms with E-state index in [4.69, 9.17) is 27.9 Å². The van der Waals surface area contributed by atoms with Gasteiger partial charge in [0.25, 0.3) is 18.2 Å². The normalized spacial score (nSPS) is 21.2. The summed E-state index contributed by atoms with van der Waals surface area (Å²) in [5.74, 6) is -0.927. The fraction of sp³-hybridized carbons (Fsp3) is 0.480. The molecular weight excluding hydrogens is 532 g/mol. The minimum absolute atomic E-state index is 0.0241. The standard InChI is InChI=1S/C25H27Cl2F3N4O3/c1-25(2,37-20-10-19(28)17(26)9-18(20)27)24(36)33-14-7-15-4-5-16(8-14)34(15)22-6-3-13(11-31-22)23(35)32-12-21(29)30/h3,6,9-11,14-16,21H,4-5,7-8,12H2,1-2H3,(H,32,35)(H,33,36)/t14?,15-,16+. The van der Waals surface area contributed by atoms with Gasteiger partial charge in [0.1, 0.15) is 17.4 Å². The molecule has 37 heavy (non-hydrogen) atoms. The second-order valence-corrected chi connectivity index (χ2v) is 10.6. The van der Waals surface area contributed by atoms with Gasteiger partial charge in [0.15, 0.2) is 5.60 Å². The quantitative estimate of drug-likeness (QED) is 0.445. The lowest BCUT2D eigenvalue weighted by molar-refractivity contribution is -0.135. The largest absolute Gasteiger partial charge is 0.476 e. The van der Waals surface area contributed by atoms with Crippen LogP contribution in [0.2, 0.25) is 10.0 Å². The predicted molar refractivity (Wildman–Crippen MR) is 134 cm³/mol. The van der Waals surface area contributed by atoms with Crippen molar-refractivity contribution < 1.29 is 27.5 Å². The second kappa shape index (κ2) is 10.9. The first-order chi connectivity index (χ1) is 17.4. The molecule has 3 atom stereocenters. The van der Waals surface area contributed by atoms with Crippen molar-refractivity contribution in [3.8, 4) is 5.75 Å². The van der Waals surface area contributed by atoms with Crippen LogP contribution in [0.25, 0.3) is 0 Å². The molecule has 0 saturated carbocycles. The molecule has 200 valence electrons. The van der Waals surface area contributed by atoms with Crippen LogP contribution < -0.4 is 20.3 Å². The lowest BCUT2D eigenvalue weighted by Gasteiger charge is -2.40. The molecule has 3 heterocycles. The third kappa shape index (κ3) is 6.23. The van der Waals surface area contributed by atoms with Crippen molar-refractivity contribution in [2.24, 2.45) is 0 Å². The second-order valence-electron chi connectivity index (χ2n) is 9.75. The Morgan fingerprint density at radius 1 is 1.16 bits per heavy atom. The Morgan fingerprint density at radius 2 is 1.84 bits per heavy atom. The van der Waals surface area contributed by atoms with Crippen LogP contribution in [0.4, 0.5) is 19.0 Å². The van der Waals surface area contributed by atoms with Gasteiger partial charge < -0.3 is 20.3 Å². The molecule has 2 bridgehead atoms. The van der Waals surface area contributed by atoms with E-state index in [1.165, 1.54) is 12.3 Å². The lowest BCUT2D eigenvalue weighted by Crippen LogP contribution is -2.55. The van der Waals surface area contributed by atoms with Gasteiger partial charge in [-0.05, 0) is 57.7 Å². The summed E-state index contributed by atoms with van der Waals surface area (Å²) in [6, 6.07) is 5.75. The van der Waals surface area contributed by atoms with Gasteiger partial charge >= 0.3 is 0 Å². The molecule has 0 radical (unpaired) electrons. The Hall–Kier alpha value is -2.72. The van der Waals surface area contributed by atoms with Gasteiger partial charge in [0.05, 0.1) is 22.2 Å². The van der Waals surface area contributed by atoms with E-state index < -0.39 is 30.3 Å². The summed E-state index contributed by atoms with van der Waals surface area (Å²) < 4.78 is 44.3. The molecule has 7 nitrogen and oxygen atoms in total. The van der Waals surface area contributed by atoms with Crippen LogP contribution in [-0.2, 0) is 4.79 Å². The first kappa shape index (κ1) is 27.3. The number of amides is 2. The average Bonchev–Trinajstić information content (AvgIpc) is 3.10. The molecule has 1 unspecified atom stereocenters. The number of pyridine rings is 1. The first-order valence-corrected chi connectivity index (χ1v) is 12.7. The zero-order chi connectivity index (χ0) is 26.9. The first-order valence-electron chi connectivity index (χ1n) is 11.9. The minimum Gasteiger partial charge on any atom is -0.476 e. The molecule has 0 aliphatic carbocycles. The third-order valence-electron chi connectivity index (χ3n) is 6.65. The van der Waals surface area contributed by atoms with Gasteiger partial charge in [-0.1, -0.05) is 23.2 Å². The predicted octanol–water partition coefficient (Wildman–Crippen LogP) is 5.00. The third-order valence-corrected chi connectivity index (χ3v) is 7.23. The summed E-state index contributed by atoms with van der Waals surface area (Å²) in [4.78, 5) is 31.7. The van der Waals surface area contributed by atoms with Crippen molar-refractivity contribution in [1.29, 1.82) is 0 Å². The molecule has 2 aromatic rings. The maximum absolute atomic E-state index is 13.9. The van der Waals surface area contributed by atoms with E-state index in [9.17, 15) is 22.8 Å². The number of hydrogen-bond acceptors (Lipinski definition) is 5. The molecule has 2 aliphatic heterocycles. The SMILES string of the molecule is CC(C)(Oc1cc(F)c(Cl)cc1Cl)C(=O)NC1C[C@H]2CC[C@@H](C1)N2c1ccc(C(=O)NCC(F)F)cn1. The number of alkyl halides is 2. The van der Waals surface area contributed by atoms with E-state index in [1.54, 1.807) is 26.0 Å². The Morgan fingerprint density at radius 3 is 2.43 bits per heavy atom. The van der Waals surface area contributed by atoms with Crippen LogP contribution >= 0.6 is 23.2 Å². The van der Waals surface area contributed by atoms with Crippen molar-refractivity contribution in [3.05, 3.63) is 51.9 Å². The lowest BCUT2D eigenvalue weighted by atomic mass is 9.96. The molecule has 12 heteroatoms. The highest BCUT2D eigenvalue weighted by Crippen LogP contribution is 2.39. The number of fused-ring (bicyclic) bond motifs is 2. The Kier molecular flexibility index (Phi) is 8.08. The summed E-state index contributed by atoms with van der Waals surface area (Å²) in [6.07, 6.45) is 1.99. The summed E-state index contributed by atoms with van der Waals surface area (Å²) in [6.45, 7) is 2.45. The molecule has 1 aromatic heterocycles. The summed E-state index contributed by atoms with van der Waals surface area (Å²) >= 11 is 11.8. The Balaban J connectivity index is 1.37.